The summed E-state index contributed by atoms with van der Waals surface area (Å²) in [7, 11) is 1.83. The molecule has 0 amide bonds. The maximum Gasteiger partial charge on any atom is 0.215 e. The quantitative estimate of drug-likeness (QED) is 0.350. The summed E-state index contributed by atoms with van der Waals surface area (Å²) in [6.45, 7) is 1.86. The molecule has 6 rings (SSSR count). The zero-order chi connectivity index (χ0) is 24.3. The van der Waals surface area contributed by atoms with Gasteiger partial charge in [-0.2, -0.15) is 4.98 Å². The van der Waals surface area contributed by atoms with Gasteiger partial charge in [0.1, 0.15) is 29.6 Å². The Bertz CT molecular complexity index is 1640. The SMILES string of the molecule is CNc1ncc2c3cc(ncc13)Nc1cccc(n1)OCCOCCn1nnc3ccc(cc31)C#C2. The van der Waals surface area contributed by atoms with Crippen molar-refractivity contribution >= 4 is 39.3 Å². The topological polar surface area (TPSA) is 112 Å². The first-order chi connectivity index (χ1) is 17.8. The highest BCUT2D eigenvalue weighted by Crippen LogP contribution is 2.27. The molecule has 0 fully saturated rings. The van der Waals surface area contributed by atoms with E-state index in [4.69, 9.17) is 9.47 Å². The molecule has 0 saturated carbocycles. The molecule has 0 radical (unpaired) electrons. The third-order valence-corrected chi connectivity index (χ3v) is 5.77. The van der Waals surface area contributed by atoms with Crippen LogP contribution in [0.4, 0.5) is 17.5 Å². The third kappa shape index (κ3) is 4.35. The fourth-order valence-corrected chi connectivity index (χ4v) is 4.00. The van der Waals surface area contributed by atoms with Crippen LogP contribution in [0.25, 0.3) is 21.8 Å². The molecule has 10 heteroatoms. The van der Waals surface area contributed by atoms with Gasteiger partial charge in [0, 0.05) is 41.8 Å². The van der Waals surface area contributed by atoms with Crippen molar-refractivity contribution in [3.05, 3.63) is 66.0 Å². The molecule has 1 aliphatic rings. The monoisotopic (exact) mass is 478 g/mol. The first kappa shape index (κ1) is 21.8. The van der Waals surface area contributed by atoms with Gasteiger partial charge in [-0.1, -0.05) is 23.1 Å². The molecule has 1 aromatic carbocycles. The Balaban J connectivity index is 1.46. The van der Waals surface area contributed by atoms with Crippen molar-refractivity contribution in [2.45, 2.75) is 6.54 Å². The van der Waals surface area contributed by atoms with E-state index in [9.17, 15) is 0 Å². The average molecular weight is 479 g/mol. The highest BCUT2D eigenvalue weighted by atomic mass is 16.5. The molecule has 6 bridgehead atoms. The molecule has 0 aliphatic carbocycles. The summed E-state index contributed by atoms with van der Waals surface area (Å²) in [6, 6.07) is 13.4. The Kier molecular flexibility index (Phi) is 5.73. The number of benzene rings is 1. The van der Waals surface area contributed by atoms with E-state index in [1.54, 1.807) is 12.4 Å². The Hall–Kier alpha value is -4.75. The number of pyridine rings is 3. The Labute approximate surface area is 206 Å². The second-order valence-electron chi connectivity index (χ2n) is 8.10. The van der Waals surface area contributed by atoms with Crippen LogP contribution in [0.2, 0.25) is 0 Å². The van der Waals surface area contributed by atoms with Crippen LogP contribution in [-0.4, -0.2) is 56.8 Å². The van der Waals surface area contributed by atoms with E-state index < -0.39 is 0 Å². The summed E-state index contributed by atoms with van der Waals surface area (Å²) in [5.74, 6) is 9.05. The number of hydrogen-bond acceptors (Lipinski definition) is 9. The van der Waals surface area contributed by atoms with Crippen molar-refractivity contribution in [1.29, 1.82) is 0 Å². The third-order valence-electron chi connectivity index (χ3n) is 5.77. The lowest BCUT2D eigenvalue weighted by atomic mass is 10.1. The van der Waals surface area contributed by atoms with Crippen LogP contribution in [-0.2, 0) is 11.3 Å². The summed E-state index contributed by atoms with van der Waals surface area (Å²) in [6.07, 6.45) is 3.55. The van der Waals surface area contributed by atoms with Crippen molar-refractivity contribution in [1.82, 2.24) is 29.9 Å². The Morgan fingerprint density at radius 2 is 1.94 bits per heavy atom. The van der Waals surface area contributed by atoms with Gasteiger partial charge in [0.15, 0.2) is 0 Å². The summed E-state index contributed by atoms with van der Waals surface area (Å²) >= 11 is 0. The van der Waals surface area contributed by atoms with Crippen LogP contribution in [0, 0.1) is 11.8 Å². The normalized spacial score (nSPS) is 13.6. The van der Waals surface area contributed by atoms with Gasteiger partial charge in [-0.15, -0.1) is 5.10 Å². The minimum Gasteiger partial charge on any atom is -0.475 e. The van der Waals surface area contributed by atoms with Crippen molar-refractivity contribution in [2.75, 3.05) is 37.5 Å². The predicted octanol–water partition coefficient (Wildman–Crippen LogP) is 3.36. The van der Waals surface area contributed by atoms with E-state index in [0.29, 0.717) is 43.9 Å². The lowest BCUT2D eigenvalue weighted by Crippen LogP contribution is -2.12. The predicted molar refractivity (Wildman–Crippen MR) is 136 cm³/mol. The lowest BCUT2D eigenvalue weighted by molar-refractivity contribution is 0.0916. The van der Waals surface area contributed by atoms with Gasteiger partial charge in [0.25, 0.3) is 0 Å². The molecular formula is C26H22N8O2. The molecule has 178 valence electrons. The van der Waals surface area contributed by atoms with Gasteiger partial charge >= 0.3 is 0 Å². The van der Waals surface area contributed by atoms with Crippen molar-refractivity contribution < 1.29 is 9.47 Å². The number of aromatic nitrogens is 6. The van der Waals surface area contributed by atoms with E-state index in [1.807, 2.05) is 54.2 Å². The Morgan fingerprint density at radius 1 is 0.972 bits per heavy atom. The average Bonchev–Trinajstić information content (AvgIpc) is 3.31. The van der Waals surface area contributed by atoms with E-state index in [1.165, 1.54) is 0 Å². The zero-order valence-electron chi connectivity index (χ0n) is 19.5. The van der Waals surface area contributed by atoms with Crippen LogP contribution in [0.5, 0.6) is 5.88 Å². The molecular weight excluding hydrogens is 456 g/mol. The first-order valence-electron chi connectivity index (χ1n) is 11.5. The number of ether oxygens (including phenoxy) is 2. The van der Waals surface area contributed by atoms with Gasteiger partial charge in [0.2, 0.25) is 5.88 Å². The Morgan fingerprint density at radius 3 is 2.89 bits per heavy atom. The molecule has 2 N–H and O–H groups in total. The largest absolute Gasteiger partial charge is 0.475 e. The van der Waals surface area contributed by atoms with Gasteiger partial charge in [0.05, 0.1) is 30.8 Å². The molecule has 10 nitrogen and oxygen atoms in total. The van der Waals surface area contributed by atoms with E-state index in [0.717, 1.165) is 38.8 Å². The maximum atomic E-state index is 5.77. The minimum atomic E-state index is 0.381. The maximum absolute atomic E-state index is 5.77. The number of nitrogens with zero attached hydrogens (tertiary/aromatic N) is 6. The summed E-state index contributed by atoms with van der Waals surface area (Å²) in [4.78, 5) is 13.6. The number of fused-ring (bicyclic) bond motifs is 4. The van der Waals surface area contributed by atoms with Gasteiger partial charge < -0.3 is 20.1 Å². The summed E-state index contributed by atoms with van der Waals surface area (Å²) in [5.41, 5.74) is 3.36. The fraction of sp³-hybridized carbons (Fsp3) is 0.192. The lowest BCUT2D eigenvalue weighted by Gasteiger charge is -2.11. The van der Waals surface area contributed by atoms with E-state index >= 15 is 0 Å². The van der Waals surface area contributed by atoms with Crippen molar-refractivity contribution in [3.63, 3.8) is 0 Å². The molecule has 36 heavy (non-hydrogen) atoms. The van der Waals surface area contributed by atoms with Gasteiger partial charge in [-0.05, 0) is 30.3 Å². The number of nitrogens with one attached hydrogen (secondary N) is 2. The zero-order valence-corrected chi connectivity index (χ0v) is 19.5. The van der Waals surface area contributed by atoms with Crippen LogP contribution in [0.3, 0.4) is 0 Å². The second-order valence-corrected chi connectivity index (χ2v) is 8.10. The molecule has 5 heterocycles. The van der Waals surface area contributed by atoms with Crippen LogP contribution in [0.15, 0.2) is 54.9 Å². The number of hydrogen-bond donors (Lipinski definition) is 2. The molecule has 0 unspecified atom stereocenters. The minimum absolute atomic E-state index is 0.381. The van der Waals surface area contributed by atoms with Crippen molar-refractivity contribution in [3.8, 4) is 17.7 Å². The standard InChI is InChI=1S/C26H22N8O2/c1-27-26-20-16-28-24-14-19(20)18(15-29-26)7-5-17-6-8-21-22(13-17)34(33-32-21)9-10-35-11-12-36-25-4-2-3-23(30-24)31-25/h2-4,6,8,13-16H,9-12H2,1H3,(H,27,29)(H,28,30,31). The van der Waals surface area contributed by atoms with Gasteiger partial charge in [-0.25, -0.2) is 14.6 Å². The molecule has 0 spiro atoms. The molecule has 1 aliphatic heterocycles. The van der Waals surface area contributed by atoms with E-state index in [2.05, 4.69) is 47.7 Å². The smallest absolute Gasteiger partial charge is 0.215 e. The highest BCUT2D eigenvalue weighted by Gasteiger charge is 2.10. The number of anilines is 3. The molecule has 4 aromatic heterocycles. The van der Waals surface area contributed by atoms with Crippen LogP contribution < -0.4 is 15.4 Å². The van der Waals surface area contributed by atoms with E-state index in [-0.39, 0.29) is 0 Å². The van der Waals surface area contributed by atoms with Crippen molar-refractivity contribution in [2.24, 2.45) is 0 Å². The van der Waals surface area contributed by atoms with Crippen LogP contribution >= 0.6 is 0 Å². The number of rotatable bonds is 1. The molecule has 0 saturated heterocycles. The second kappa shape index (κ2) is 9.48. The van der Waals surface area contributed by atoms with Gasteiger partial charge in [-0.3, -0.25) is 0 Å². The highest BCUT2D eigenvalue weighted by molar-refractivity contribution is 5.96. The van der Waals surface area contributed by atoms with Crippen LogP contribution in [0.1, 0.15) is 11.1 Å². The molecule has 0 atom stereocenters. The first-order valence-corrected chi connectivity index (χ1v) is 11.5. The summed E-state index contributed by atoms with van der Waals surface area (Å²) < 4.78 is 13.3. The fourth-order valence-electron chi connectivity index (χ4n) is 4.00. The summed E-state index contributed by atoms with van der Waals surface area (Å²) in [5, 5.41) is 16.7. The molecule has 5 aromatic rings.